The molecule has 2 heterocycles. The second kappa shape index (κ2) is 7.04. The maximum Gasteiger partial charge on any atom is 0.321 e. The lowest BCUT2D eigenvalue weighted by Crippen LogP contribution is -2.30. The molecule has 0 atom stereocenters. The SMILES string of the molecule is O=C(NCCc1cccs1)Nc1nc2c(s1)CCCCC2. The van der Waals surface area contributed by atoms with Gasteiger partial charge >= 0.3 is 6.03 Å². The molecule has 0 saturated heterocycles. The molecule has 6 heteroatoms. The summed E-state index contributed by atoms with van der Waals surface area (Å²) >= 11 is 3.34. The van der Waals surface area contributed by atoms with E-state index in [-0.39, 0.29) is 6.03 Å². The number of fused-ring (bicyclic) bond motifs is 1. The van der Waals surface area contributed by atoms with Gasteiger partial charge in [0.25, 0.3) is 0 Å². The van der Waals surface area contributed by atoms with Crippen molar-refractivity contribution in [1.82, 2.24) is 10.3 Å². The summed E-state index contributed by atoms with van der Waals surface area (Å²) in [6, 6.07) is 3.96. The minimum absolute atomic E-state index is 0.157. The maximum absolute atomic E-state index is 11.9. The highest BCUT2D eigenvalue weighted by Crippen LogP contribution is 2.28. The van der Waals surface area contributed by atoms with Gasteiger partial charge < -0.3 is 5.32 Å². The molecule has 2 aromatic heterocycles. The average Bonchev–Trinajstić information content (AvgIpc) is 3.05. The lowest BCUT2D eigenvalue weighted by Gasteiger charge is -2.04. The molecule has 112 valence electrons. The van der Waals surface area contributed by atoms with E-state index in [1.165, 1.54) is 34.7 Å². The van der Waals surface area contributed by atoms with Crippen LogP contribution in [0.5, 0.6) is 0 Å². The van der Waals surface area contributed by atoms with E-state index in [2.05, 4.69) is 27.1 Å². The number of thiazole rings is 1. The van der Waals surface area contributed by atoms with Crippen molar-refractivity contribution in [2.75, 3.05) is 11.9 Å². The van der Waals surface area contributed by atoms with Crippen molar-refractivity contribution in [1.29, 1.82) is 0 Å². The summed E-state index contributed by atoms with van der Waals surface area (Å²) in [5.41, 5.74) is 1.19. The fraction of sp³-hybridized carbons (Fsp3) is 0.467. The van der Waals surface area contributed by atoms with E-state index in [0.29, 0.717) is 6.54 Å². The summed E-state index contributed by atoms with van der Waals surface area (Å²) in [6.07, 6.45) is 6.77. The second-order valence-electron chi connectivity index (χ2n) is 5.16. The standard InChI is InChI=1S/C15H19N3OS2/c19-14(16-9-8-11-5-4-10-20-11)18-15-17-12-6-2-1-3-7-13(12)21-15/h4-5,10H,1-3,6-9H2,(H2,16,17,18,19). The van der Waals surface area contributed by atoms with Crippen LogP contribution in [0.1, 0.15) is 34.7 Å². The van der Waals surface area contributed by atoms with E-state index in [4.69, 9.17) is 0 Å². The van der Waals surface area contributed by atoms with Crippen molar-refractivity contribution in [2.45, 2.75) is 38.5 Å². The van der Waals surface area contributed by atoms with E-state index < -0.39 is 0 Å². The number of amides is 2. The van der Waals surface area contributed by atoms with E-state index in [1.807, 2.05) is 6.07 Å². The van der Waals surface area contributed by atoms with Crippen molar-refractivity contribution in [3.63, 3.8) is 0 Å². The molecule has 4 nitrogen and oxygen atoms in total. The molecule has 21 heavy (non-hydrogen) atoms. The Hall–Kier alpha value is -1.40. The molecule has 2 N–H and O–H groups in total. The number of anilines is 1. The lowest BCUT2D eigenvalue weighted by molar-refractivity contribution is 0.252. The lowest BCUT2D eigenvalue weighted by atomic mass is 10.2. The molecule has 0 spiro atoms. The van der Waals surface area contributed by atoms with Gasteiger partial charge in [-0.3, -0.25) is 5.32 Å². The van der Waals surface area contributed by atoms with Crippen LogP contribution < -0.4 is 10.6 Å². The summed E-state index contributed by atoms with van der Waals surface area (Å²) in [6.45, 7) is 0.650. The first-order chi connectivity index (χ1) is 10.3. The van der Waals surface area contributed by atoms with Crippen LogP contribution in [0.15, 0.2) is 17.5 Å². The highest BCUT2D eigenvalue weighted by atomic mass is 32.1. The van der Waals surface area contributed by atoms with E-state index in [1.54, 1.807) is 22.7 Å². The number of hydrogen-bond acceptors (Lipinski definition) is 4. The quantitative estimate of drug-likeness (QED) is 0.841. The number of carbonyl (C=O) groups is 1. The molecular formula is C15H19N3OS2. The van der Waals surface area contributed by atoms with Crippen LogP contribution in [-0.2, 0) is 19.3 Å². The number of thiophene rings is 1. The number of hydrogen-bond donors (Lipinski definition) is 2. The topological polar surface area (TPSA) is 54.0 Å². The molecule has 0 aliphatic heterocycles. The maximum atomic E-state index is 11.9. The van der Waals surface area contributed by atoms with E-state index >= 15 is 0 Å². The molecule has 3 rings (SSSR count). The van der Waals surface area contributed by atoms with Gasteiger partial charge in [-0.25, -0.2) is 9.78 Å². The molecule has 0 fully saturated rings. The van der Waals surface area contributed by atoms with Crippen LogP contribution in [0, 0.1) is 0 Å². The second-order valence-corrected chi connectivity index (χ2v) is 7.28. The van der Waals surface area contributed by atoms with Crippen LogP contribution in [0.3, 0.4) is 0 Å². The fourth-order valence-corrected chi connectivity index (χ4v) is 4.23. The normalized spacial score (nSPS) is 14.3. The Labute approximate surface area is 132 Å². The van der Waals surface area contributed by atoms with Crippen molar-refractivity contribution in [2.24, 2.45) is 0 Å². The molecular weight excluding hydrogens is 302 g/mol. The third kappa shape index (κ3) is 4.04. The van der Waals surface area contributed by atoms with Crippen molar-refractivity contribution < 1.29 is 4.79 Å². The number of urea groups is 1. The summed E-state index contributed by atoms with van der Waals surface area (Å²) < 4.78 is 0. The number of nitrogens with zero attached hydrogens (tertiary/aromatic N) is 1. The number of rotatable bonds is 4. The third-order valence-corrected chi connectivity index (χ3v) is 5.56. The molecule has 2 amide bonds. The Morgan fingerprint density at radius 1 is 1.29 bits per heavy atom. The van der Waals surface area contributed by atoms with Crippen LogP contribution in [0.2, 0.25) is 0 Å². The largest absolute Gasteiger partial charge is 0.337 e. The van der Waals surface area contributed by atoms with Gasteiger partial charge in [0.05, 0.1) is 5.69 Å². The van der Waals surface area contributed by atoms with Gasteiger partial charge in [-0.1, -0.05) is 12.5 Å². The van der Waals surface area contributed by atoms with Gasteiger partial charge in [-0.15, -0.1) is 22.7 Å². The number of carbonyl (C=O) groups excluding carboxylic acids is 1. The number of aromatic nitrogens is 1. The molecule has 0 unspecified atom stereocenters. The molecule has 1 aliphatic carbocycles. The summed E-state index contributed by atoms with van der Waals surface area (Å²) in [5.74, 6) is 0. The highest BCUT2D eigenvalue weighted by molar-refractivity contribution is 7.15. The summed E-state index contributed by atoms with van der Waals surface area (Å²) in [7, 11) is 0. The van der Waals surface area contributed by atoms with Gasteiger partial charge in [0.2, 0.25) is 0 Å². The predicted molar refractivity (Wildman–Crippen MR) is 88.4 cm³/mol. The minimum atomic E-state index is -0.157. The smallest absolute Gasteiger partial charge is 0.321 e. The minimum Gasteiger partial charge on any atom is -0.337 e. The zero-order valence-corrected chi connectivity index (χ0v) is 13.5. The van der Waals surface area contributed by atoms with Gasteiger partial charge in [0.15, 0.2) is 5.13 Å². The van der Waals surface area contributed by atoms with E-state index in [0.717, 1.165) is 24.4 Å². The van der Waals surface area contributed by atoms with Crippen LogP contribution in [-0.4, -0.2) is 17.6 Å². The van der Waals surface area contributed by atoms with Crippen LogP contribution in [0.4, 0.5) is 9.93 Å². The van der Waals surface area contributed by atoms with Gasteiger partial charge in [-0.05, 0) is 43.6 Å². The van der Waals surface area contributed by atoms with Crippen molar-refractivity contribution in [3.8, 4) is 0 Å². The zero-order valence-electron chi connectivity index (χ0n) is 11.9. The van der Waals surface area contributed by atoms with Crippen LogP contribution in [0.25, 0.3) is 0 Å². The Bertz CT molecular complexity index is 569. The summed E-state index contributed by atoms with van der Waals surface area (Å²) in [5, 5.41) is 8.53. The molecule has 1 aliphatic rings. The predicted octanol–water partition coefficient (Wildman–Crippen LogP) is 3.84. The first-order valence-corrected chi connectivity index (χ1v) is 9.07. The highest BCUT2D eigenvalue weighted by Gasteiger charge is 2.15. The molecule has 2 aromatic rings. The monoisotopic (exact) mass is 321 g/mol. The van der Waals surface area contributed by atoms with Crippen molar-refractivity contribution in [3.05, 3.63) is 33.0 Å². The fourth-order valence-electron chi connectivity index (χ4n) is 2.48. The number of aryl methyl sites for hydroxylation is 2. The van der Waals surface area contributed by atoms with E-state index in [9.17, 15) is 4.79 Å². The third-order valence-electron chi connectivity index (χ3n) is 3.55. The molecule has 0 aromatic carbocycles. The average molecular weight is 321 g/mol. The first kappa shape index (κ1) is 14.5. The Morgan fingerprint density at radius 3 is 3.05 bits per heavy atom. The number of nitrogens with one attached hydrogen (secondary N) is 2. The van der Waals surface area contributed by atoms with Gasteiger partial charge in [0.1, 0.15) is 0 Å². The van der Waals surface area contributed by atoms with Gasteiger partial charge in [-0.2, -0.15) is 0 Å². The zero-order chi connectivity index (χ0) is 14.5. The molecule has 0 bridgehead atoms. The first-order valence-electron chi connectivity index (χ1n) is 7.37. The molecule has 0 radical (unpaired) electrons. The van der Waals surface area contributed by atoms with Crippen molar-refractivity contribution >= 4 is 33.8 Å². The Morgan fingerprint density at radius 2 is 2.19 bits per heavy atom. The Balaban J connectivity index is 1.48. The Kier molecular flexibility index (Phi) is 4.87. The van der Waals surface area contributed by atoms with Crippen LogP contribution >= 0.6 is 22.7 Å². The molecule has 0 saturated carbocycles. The van der Waals surface area contributed by atoms with Gasteiger partial charge in [0, 0.05) is 16.3 Å². The summed E-state index contributed by atoms with van der Waals surface area (Å²) in [4.78, 5) is 19.1.